The summed E-state index contributed by atoms with van der Waals surface area (Å²) in [6.07, 6.45) is -7.68. The van der Waals surface area contributed by atoms with Crippen molar-refractivity contribution in [2.45, 2.75) is 30.7 Å². The molecule has 0 aliphatic carbocycles. The zero-order valence-corrected chi connectivity index (χ0v) is 17.7. The third-order valence-electron chi connectivity index (χ3n) is 5.44. The van der Waals surface area contributed by atoms with E-state index in [1.807, 2.05) is 0 Å². The average molecular weight is 478 g/mol. The maximum atomic E-state index is 12.7. The monoisotopic (exact) mass is 478 g/mol. The smallest absolute Gasteiger partial charge is 0.229 e. The molecule has 0 spiro atoms. The highest BCUT2D eigenvalue weighted by atomic mass is 16.7. The minimum atomic E-state index is -1.69. The molecule has 5 atom stereocenters. The quantitative estimate of drug-likeness (QED) is 0.238. The van der Waals surface area contributed by atoms with E-state index >= 15 is 0 Å². The van der Waals surface area contributed by atoms with Crippen molar-refractivity contribution in [2.75, 3.05) is 13.7 Å². The Morgan fingerprint density at radius 1 is 0.941 bits per heavy atom. The summed E-state index contributed by atoms with van der Waals surface area (Å²) in [6, 6.07) is 5.84. The van der Waals surface area contributed by atoms with Crippen LogP contribution in [-0.4, -0.2) is 80.2 Å². The number of aromatic hydroxyl groups is 3. The van der Waals surface area contributed by atoms with E-state index in [1.165, 1.54) is 19.2 Å². The van der Waals surface area contributed by atoms with Crippen LogP contribution in [0.4, 0.5) is 0 Å². The second-order valence-corrected chi connectivity index (χ2v) is 7.65. The second-order valence-electron chi connectivity index (χ2n) is 7.65. The maximum Gasteiger partial charge on any atom is 0.229 e. The molecule has 3 aromatic rings. The highest BCUT2D eigenvalue weighted by molar-refractivity contribution is 5.86. The summed E-state index contributed by atoms with van der Waals surface area (Å²) in [5, 5.41) is 69.2. The summed E-state index contributed by atoms with van der Waals surface area (Å²) in [5.41, 5.74) is -0.570. The number of aliphatic hydroxyl groups is 4. The number of hydrogen-bond donors (Lipinski definition) is 7. The van der Waals surface area contributed by atoms with E-state index < -0.39 is 60.0 Å². The number of hydrogen-bond acceptors (Lipinski definition) is 12. The Labute approximate surface area is 191 Å². The topological polar surface area (TPSA) is 200 Å². The van der Waals surface area contributed by atoms with Gasteiger partial charge in [0, 0.05) is 23.8 Å². The van der Waals surface area contributed by atoms with Crippen molar-refractivity contribution in [3.63, 3.8) is 0 Å². The molecule has 4 rings (SSSR count). The number of phenolic OH excluding ortho intramolecular Hbond substituents is 3. The number of methoxy groups -OCH3 is 1. The first-order valence-electron chi connectivity index (χ1n) is 10.0. The molecule has 12 heteroatoms. The number of phenols is 3. The van der Waals surface area contributed by atoms with Crippen molar-refractivity contribution in [3.05, 3.63) is 40.6 Å². The van der Waals surface area contributed by atoms with Crippen molar-refractivity contribution < 1.29 is 54.4 Å². The molecule has 1 aliphatic rings. The van der Waals surface area contributed by atoms with Crippen molar-refractivity contribution in [1.29, 1.82) is 0 Å². The Morgan fingerprint density at radius 2 is 1.68 bits per heavy atom. The van der Waals surface area contributed by atoms with E-state index in [4.69, 9.17) is 18.6 Å². The molecular formula is C22H22O12. The highest BCUT2D eigenvalue weighted by Gasteiger charge is 2.44. The van der Waals surface area contributed by atoms with Gasteiger partial charge in [0.2, 0.25) is 12.0 Å². The zero-order chi connectivity index (χ0) is 24.7. The maximum absolute atomic E-state index is 12.7. The van der Waals surface area contributed by atoms with Gasteiger partial charge in [0.1, 0.15) is 52.6 Å². The van der Waals surface area contributed by atoms with E-state index in [1.54, 1.807) is 0 Å². The first-order valence-corrected chi connectivity index (χ1v) is 10.0. The molecule has 182 valence electrons. The molecule has 1 aliphatic heterocycles. The van der Waals surface area contributed by atoms with E-state index in [0.29, 0.717) is 0 Å². The fourth-order valence-corrected chi connectivity index (χ4v) is 3.64. The fourth-order valence-electron chi connectivity index (χ4n) is 3.64. The molecule has 34 heavy (non-hydrogen) atoms. The molecule has 0 radical (unpaired) electrons. The van der Waals surface area contributed by atoms with Gasteiger partial charge in [-0.25, -0.2) is 0 Å². The van der Waals surface area contributed by atoms with Crippen LogP contribution in [0.25, 0.3) is 22.3 Å². The third-order valence-corrected chi connectivity index (χ3v) is 5.44. The summed E-state index contributed by atoms with van der Waals surface area (Å²) < 4.78 is 21.5. The summed E-state index contributed by atoms with van der Waals surface area (Å²) in [6.45, 7) is -0.658. The van der Waals surface area contributed by atoms with Gasteiger partial charge in [-0.3, -0.25) is 4.79 Å². The highest BCUT2D eigenvalue weighted by Crippen LogP contribution is 2.40. The van der Waals surface area contributed by atoms with Crippen LogP contribution < -0.4 is 14.9 Å². The summed E-state index contributed by atoms with van der Waals surface area (Å²) in [7, 11) is 1.27. The minimum Gasteiger partial charge on any atom is -0.507 e. The van der Waals surface area contributed by atoms with Crippen molar-refractivity contribution in [3.8, 4) is 40.1 Å². The molecule has 7 N–H and O–H groups in total. The van der Waals surface area contributed by atoms with Crippen LogP contribution >= 0.6 is 0 Å². The first kappa shape index (κ1) is 23.6. The molecule has 5 unspecified atom stereocenters. The van der Waals surface area contributed by atoms with E-state index in [2.05, 4.69) is 0 Å². The van der Waals surface area contributed by atoms with Crippen LogP contribution in [0, 0.1) is 0 Å². The molecule has 12 nitrogen and oxygen atoms in total. The van der Waals surface area contributed by atoms with Crippen LogP contribution in [0.15, 0.2) is 39.5 Å². The Morgan fingerprint density at radius 3 is 2.35 bits per heavy atom. The molecule has 2 aromatic carbocycles. The van der Waals surface area contributed by atoms with E-state index in [0.717, 1.165) is 18.2 Å². The van der Waals surface area contributed by atoms with Crippen molar-refractivity contribution >= 4 is 11.0 Å². The van der Waals surface area contributed by atoms with Gasteiger partial charge < -0.3 is 54.4 Å². The van der Waals surface area contributed by atoms with Crippen LogP contribution in [0.2, 0.25) is 0 Å². The van der Waals surface area contributed by atoms with E-state index in [-0.39, 0.29) is 33.8 Å². The third kappa shape index (κ3) is 4.08. The zero-order valence-electron chi connectivity index (χ0n) is 17.7. The molecule has 0 amide bonds. The lowest BCUT2D eigenvalue weighted by atomic mass is 9.99. The van der Waals surface area contributed by atoms with Gasteiger partial charge in [0.25, 0.3) is 0 Å². The van der Waals surface area contributed by atoms with Gasteiger partial charge in [-0.1, -0.05) is 0 Å². The molecule has 2 heterocycles. The van der Waals surface area contributed by atoms with Crippen molar-refractivity contribution in [2.24, 2.45) is 0 Å². The van der Waals surface area contributed by atoms with Gasteiger partial charge in [-0.05, 0) is 12.1 Å². The molecule has 1 fully saturated rings. The lowest BCUT2D eigenvalue weighted by molar-refractivity contribution is -0.277. The van der Waals surface area contributed by atoms with Gasteiger partial charge >= 0.3 is 0 Å². The Hall–Kier alpha value is -3.55. The van der Waals surface area contributed by atoms with E-state index in [9.17, 15) is 40.5 Å². The van der Waals surface area contributed by atoms with Crippen LogP contribution in [0.1, 0.15) is 0 Å². The van der Waals surface area contributed by atoms with Crippen LogP contribution in [-0.2, 0) is 4.74 Å². The Bertz CT molecular complexity index is 1270. The van der Waals surface area contributed by atoms with Gasteiger partial charge in [0.15, 0.2) is 16.9 Å². The van der Waals surface area contributed by atoms with Crippen LogP contribution in [0.5, 0.6) is 28.7 Å². The number of ether oxygens (including phenoxy) is 3. The molecule has 1 saturated heterocycles. The van der Waals surface area contributed by atoms with Gasteiger partial charge in [-0.2, -0.15) is 0 Å². The largest absolute Gasteiger partial charge is 0.507 e. The average Bonchev–Trinajstić information content (AvgIpc) is 2.80. The standard InChI is InChI=1S/C22H22O12/c1-31-15-3-8(2-12(26)18(15)27)13-6-11(25)17-10(24)4-9(5-14(17)33-13)32-22-21(30)20(29)19(28)16(7-23)34-22/h2-6,16,19-24,26-30H,7H2,1H3. The fraction of sp³-hybridized carbons (Fsp3) is 0.318. The predicted octanol–water partition coefficient (Wildman–Crippen LogP) is -0.236. The summed E-state index contributed by atoms with van der Waals surface area (Å²) in [5.74, 6) is -1.75. The minimum absolute atomic E-state index is 0.0320. The predicted molar refractivity (Wildman–Crippen MR) is 114 cm³/mol. The summed E-state index contributed by atoms with van der Waals surface area (Å²) >= 11 is 0. The number of aliphatic hydroxyl groups excluding tert-OH is 4. The lowest BCUT2D eigenvalue weighted by Crippen LogP contribution is -2.60. The Balaban J connectivity index is 1.74. The van der Waals surface area contributed by atoms with Crippen molar-refractivity contribution in [1.82, 2.24) is 0 Å². The number of benzene rings is 2. The molecular weight excluding hydrogens is 456 g/mol. The van der Waals surface area contributed by atoms with Crippen LogP contribution in [0.3, 0.4) is 0 Å². The number of rotatable bonds is 5. The molecule has 0 bridgehead atoms. The first-order chi connectivity index (χ1) is 16.1. The lowest BCUT2D eigenvalue weighted by Gasteiger charge is -2.39. The second kappa shape index (κ2) is 9.00. The summed E-state index contributed by atoms with van der Waals surface area (Å²) in [4.78, 5) is 12.7. The number of fused-ring (bicyclic) bond motifs is 1. The normalized spacial score (nSPS) is 24.8. The van der Waals surface area contributed by atoms with Gasteiger partial charge in [0.05, 0.1) is 13.7 Å². The molecule has 1 aromatic heterocycles. The SMILES string of the molecule is COc1cc(-c2cc(=O)c3c(O)cc(OC4OC(CO)C(O)C(O)C4O)cc3o2)cc(O)c1O. The van der Waals surface area contributed by atoms with Gasteiger partial charge in [-0.15, -0.1) is 0 Å². The Kier molecular flexibility index (Phi) is 6.25. The molecule has 0 saturated carbocycles.